The molecule has 59 heavy (non-hydrogen) atoms. The highest BCUT2D eigenvalue weighted by Crippen LogP contribution is 2.26. The minimum Gasteiger partial charge on any atom is -0.380 e. The van der Waals surface area contributed by atoms with Crippen LogP contribution in [-0.4, -0.2) is 168 Å². The van der Waals surface area contributed by atoms with Crippen LogP contribution < -0.4 is 20.1 Å². The molecular weight excluding hydrogens is 861 g/mol. The van der Waals surface area contributed by atoms with Crippen molar-refractivity contribution in [3.63, 3.8) is 0 Å². The van der Waals surface area contributed by atoms with Gasteiger partial charge in [0.1, 0.15) is 0 Å². The van der Waals surface area contributed by atoms with Crippen molar-refractivity contribution in [2.75, 3.05) is 113 Å². The third-order valence-electron chi connectivity index (χ3n) is 7.96. The Bertz CT molecular complexity index is 1760. The number of sulfonamides is 1. The minimum atomic E-state index is -3.78. The molecule has 0 aliphatic carbocycles. The van der Waals surface area contributed by atoms with Crippen LogP contribution in [0.25, 0.3) is 0 Å². The van der Waals surface area contributed by atoms with Gasteiger partial charge in [0.25, 0.3) is 22.0 Å². The number of aliphatic hydroxyl groups excluding tert-OH is 2. The van der Waals surface area contributed by atoms with Crippen molar-refractivity contribution in [1.82, 2.24) is 24.4 Å². The van der Waals surface area contributed by atoms with Crippen LogP contribution in [0.5, 0.6) is 0 Å². The van der Waals surface area contributed by atoms with Crippen LogP contribution in [-0.2, 0) is 64.8 Å². The molecule has 0 unspecified atom stereocenters. The van der Waals surface area contributed by atoms with Crippen LogP contribution in [0.3, 0.4) is 0 Å². The van der Waals surface area contributed by atoms with Gasteiger partial charge < -0.3 is 49.3 Å². The molecule has 2 atom stereocenters. The summed E-state index contributed by atoms with van der Waals surface area (Å²) in [4.78, 5) is 24.4. The molecule has 2 amide bonds. The van der Waals surface area contributed by atoms with Crippen LogP contribution in [0.2, 0.25) is 10.0 Å². The lowest BCUT2D eigenvalue weighted by atomic mass is 10.1. The molecule has 0 bridgehead atoms. The second kappa shape index (κ2) is 28.9. The van der Waals surface area contributed by atoms with E-state index in [9.17, 15) is 36.6 Å². The van der Waals surface area contributed by atoms with Crippen LogP contribution >= 0.6 is 23.2 Å². The Hall–Kier alpha value is -2.58. The number of nitrogens with one attached hydrogen (secondary N) is 4. The van der Waals surface area contributed by atoms with E-state index in [0.29, 0.717) is 15.6 Å². The summed E-state index contributed by atoms with van der Waals surface area (Å²) in [5, 5.41) is 25.6. The van der Waals surface area contributed by atoms with Gasteiger partial charge in [0.2, 0.25) is 10.0 Å². The monoisotopic (exact) mass is 917 g/mol. The van der Waals surface area contributed by atoms with Crippen molar-refractivity contribution in [3.05, 3.63) is 63.1 Å². The van der Waals surface area contributed by atoms with E-state index in [4.69, 9.17) is 51.6 Å². The lowest BCUT2D eigenvalue weighted by molar-refractivity contribution is -0.146. The van der Waals surface area contributed by atoms with Crippen molar-refractivity contribution in [1.29, 1.82) is 0 Å². The number of hydrogen-bond acceptors (Lipinski definition) is 14. The number of benzene rings is 2. The molecule has 0 saturated carbocycles. The fourth-order valence-electron chi connectivity index (χ4n) is 4.78. The molecule has 336 valence electrons. The van der Waals surface area contributed by atoms with Crippen molar-refractivity contribution in [3.8, 4) is 0 Å². The summed E-state index contributed by atoms with van der Waals surface area (Å²) in [6.07, 6.45) is -4.00. The lowest BCUT2D eigenvalue weighted by Gasteiger charge is -2.20. The van der Waals surface area contributed by atoms with E-state index in [-0.39, 0.29) is 117 Å². The summed E-state index contributed by atoms with van der Waals surface area (Å²) in [6.45, 7) is 6.12. The van der Waals surface area contributed by atoms with E-state index in [1.165, 1.54) is 13.1 Å². The van der Waals surface area contributed by atoms with E-state index < -0.39 is 44.3 Å². The molecular formula is C36H57Cl2N5O14S2. The Morgan fingerprint density at radius 3 is 1.56 bits per heavy atom. The first-order chi connectivity index (χ1) is 28.0. The average molecular weight is 919 g/mol. The Morgan fingerprint density at radius 2 is 1.10 bits per heavy atom. The molecule has 2 aromatic rings. The molecule has 0 fully saturated rings. The molecule has 0 spiro atoms. The van der Waals surface area contributed by atoms with Crippen molar-refractivity contribution in [2.24, 2.45) is 0 Å². The largest absolute Gasteiger partial charge is 0.380 e. The van der Waals surface area contributed by atoms with Gasteiger partial charge in [-0.15, -0.1) is 0 Å². The first-order valence-corrected chi connectivity index (χ1v) is 22.3. The Balaban J connectivity index is 1.38. The van der Waals surface area contributed by atoms with Crippen LogP contribution in [0.1, 0.15) is 16.7 Å². The quantitative estimate of drug-likeness (QED) is 0.0513. The highest BCUT2D eigenvalue weighted by molar-refractivity contribution is 7.89. The molecule has 19 nitrogen and oxygen atoms in total. The third-order valence-corrected chi connectivity index (χ3v) is 11.5. The zero-order chi connectivity index (χ0) is 43.7. The third kappa shape index (κ3) is 21.7. The average Bonchev–Trinajstić information content (AvgIpc) is 3.18. The van der Waals surface area contributed by atoms with Gasteiger partial charge in [0, 0.05) is 49.8 Å². The molecule has 0 aromatic heterocycles. The number of halogens is 2. The van der Waals surface area contributed by atoms with Crippen LogP contribution in [0.15, 0.2) is 41.3 Å². The number of ether oxygens (including phenoxy) is 6. The fourth-order valence-corrected chi connectivity index (χ4v) is 7.41. The number of rotatable bonds is 33. The van der Waals surface area contributed by atoms with Crippen LogP contribution in [0.4, 0.5) is 0 Å². The second-order valence-corrected chi connectivity index (χ2v) is 17.2. The summed E-state index contributed by atoms with van der Waals surface area (Å²) < 4.78 is 87.9. The maximum absolute atomic E-state index is 12.5. The topological polar surface area (TPSA) is 250 Å². The zero-order valence-corrected chi connectivity index (χ0v) is 36.6. The van der Waals surface area contributed by atoms with Gasteiger partial charge in [-0.25, -0.2) is 13.1 Å². The second-order valence-electron chi connectivity index (χ2n) is 12.7. The van der Waals surface area contributed by atoms with Gasteiger partial charge >= 0.3 is 0 Å². The number of carbonyl (C=O) groups excluding carboxylic acids is 2. The van der Waals surface area contributed by atoms with Gasteiger partial charge in [-0.05, 0) is 54.8 Å². The van der Waals surface area contributed by atoms with E-state index in [0.717, 1.165) is 15.4 Å². The summed E-state index contributed by atoms with van der Waals surface area (Å²) in [5.74, 6) is -1.91. The van der Waals surface area contributed by atoms with Gasteiger partial charge in [0.05, 0.1) is 84.2 Å². The van der Waals surface area contributed by atoms with Gasteiger partial charge in [-0.3, -0.25) is 9.59 Å². The normalized spacial score (nSPS) is 13.1. The first kappa shape index (κ1) is 52.6. The summed E-state index contributed by atoms with van der Waals surface area (Å²) in [5.41, 5.74) is 2.27. The predicted molar refractivity (Wildman–Crippen MR) is 219 cm³/mol. The lowest BCUT2D eigenvalue weighted by Crippen LogP contribution is -2.50. The highest BCUT2D eigenvalue weighted by Gasteiger charge is 2.30. The van der Waals surface area contributed by atoms with Gasteiger partial charge in [-0.1, -0.05) is 35.3 Å². The standard InChI is InChI=1S/C36H57Cl2N5O14S2/c1-27-5-4-6-30(23-27)58(48,49)41-9-13-54-17-21-56-19-15-52-11-7-39-35(46)33(44)34(45)36(47)40-8-12-53-16-20-57-22-18-55-14-10-42-59(50,51)43(3)26-31-28(2)24-29(37)25-32(31)38/h4-6,23-25,33-34,41-42,44-45H,7-22,26H2,1-3H3,(H,39,46)(H,40,47)/t33-,34-/m0/s1. The van der Waals surface area contributed by atoms with Crippen molar-refractivity contribution >= 4 is 55.2 Å². The fraction of sp³-hybridized carbons (Fsp3) is 0.611. The summed E-state index contributed by atoms with van der Waals surface area (Å²) in [6, 6.07) is 9.86. The molecule has 0 heterocycles. The van der Waals surface area contributed by atoms with Crippen molar-refractivity contribution < 1.29 is 65.1 Å². The van der Waals surface area contributed by atoms with E-state index in [1.54, 1.807) is 31.2 Å². The molecule has 2 aromatic carbocycles. The molecule has 0 saturated heterocycles. The number of nitrogens with zero attached hydrogens (tertiary/aromatic N) is 1. The molecule has 0 aliphatic rings. The summed E-state index contributed by atoms with van der Waals surface area (Å²) >= 11 is 12.2. The molecule has 0 aliphatic heterocycles. The zero-order valence-electron chi connectivity index (χ0n) is 33.5. The smallest absolute Gasteiger partial charge is 0.279 e. The molecule has 6 N–H and O–H groups in total. The number of carbonyl (C=O) groups is 2. The molecule has 2 rings (SSSR count). The first-order valence-electron chi connectivity index (χ1n) is 18.6. The summed E-state index contributed by atoms with van der Waals surface area (Å²) in [7, 11) is -5.95. The van der Waals surface area contributed by atoms with E-state index in [2.05, 4.69) is 20.1 Å². The number of amides is 2. The minimum absolute atomic E-state index is 0.00285. The number of hydrogen-bond donors (Lipinski definition) is 6. The maximum Gasteiger partial charge on any atom is 0.279 e. The predicted octanol–water partition coefficient (Wildman–Crippen LogP) is -0.0913. The Labute approximate surface area is 356 Å². The van der Waals surface area contributed by atoms with Gasteiger partial charge in [-0.2, -0.15) is 17.4 Å². The highest BCUT2D eigenvalue weighted by atomic mass is 35.5. The van der Waals surface area contributed by atoms with Crippen LogP contribution in [0, 0.1) is 13.8 Å². The number of aliphatic hydroxyl groups is 2. The van der Waals surface area contributed by atoms with E-state index >= 15 is 0 Å². The SMILES string of the molecule is Cc1cccc(S(=O)(=O)NCCOCCOCCOCCNC(=O)[C@@H](O)[C@H](O)C(=O)NCCOCCOCCOCCNS(=O)(=O)N(C)Cc2c(C)cc(Cl)cc2Cl)c1. The molecule has 23 heteroatoms. The molecule has 0 radical (unpaired) electrons. The van der Waals surface area contributed by atoms with Crippen molar-refractivity contribution in [2.45, 2.75) is 37.5 Å². The maximum atomic E-state index is 12.5. The van der Waals surface area contributed by atoms with E-state index in [1.807, 2.05) is 13.0 Å². The number of aryl methyl sites for hydroxylation is 2. The Kier molecular flexibility index (Phi) is 25.7. The van der Waals surface area contributed by atoms with Gasteiger partial charge in [0.15, 0.2) is 12.2 Å². The Morgan fingerprint density at radius 1 is 0.661 bits per heavy atom.